The molecule has 0 saturated carbocycles. The van der Waals surface area contributed by atoms with Crippen LogP contribution in [-0.4, -0.2) is 42.7 Å². The van der Waals surface area contributed by atoms with Crippen LogP contribution in [0.15, 0.2) is 0 Å². The van der Waals surface area contributed by atoms with Gasteiger partial charge in [-0.05, 0) is 26.0 Å². The molecule has 0 rings (SSSR count). The van der Waals surface area contributed by atoms with Crippen LogP contribution in [0.5, 0.6) is 0 Å². The van der Waals surface area contributed by atoms with Gasteiger partial charge in [-0.3, -0.25) is 9.59 Å². The van der Waals surface area contributed by atoms with Crippen molar-refractivity contribution in [2.45, 2.75) is 26.3 Å². The monoisotopic (exact) mass is 249 g/mol. The summed E-state index contributed by atoms with van der Waals surface area (Å²) in [6.45, 7) is 4.23. The van der Waals surface area contributed by atoms with E-state index in [4.69, 9.17) is 15.2 Å². The van der Waals surface area contributed by atoms with E-state index in [0.29, 0.717) is 31.1 Å². The third kappa shape index (κ3) is 7.53. The van der Waals surface area contributed by atoms with E-state index in [1.54, 1.807) is 13.8 Å². The molecule has 0 aliphatic rings. The SMILES string of the molecule is CCOC(=O)CSCCC(N)C(=O)OCC. The Hall–Kier alpha value is -0.750. The predicted octanol–water partition coefficient (Wildman–Crippen LogP) is 0.563. The van der Waals surface area contributed by atoms with Crippen molar-refractivity contribution in [3.8, 4) is 0 Å². The highest BCUT2D eigenvalue weighted by atomic mass is 32.2. The van der Waals surface area contributed by atoms with Crippen LogP contribution in [0.4, 0.5) is 0 Å². The Kier molecular flexibility index (Phi) is 9.03. The van der Waals surface area contributed by atoms with Crippen LogP contribution in [0.3, 0.4) is 0 Å². The zero-order valence-corrected chi connectivity index (χ0v) is 10.5. The maximum Gasteiger partial charge on any atom is 0.322 e. The largest absolute Gasteiger partial charge is 0.465 e. The van der Waals surface area contributed by atoms with Gasteiger partial charge in [0, 0.05) is 0 Å². The molecule has 0 fully saturated rings. The van der Waals surface area contributed by atoms with Crippen molar-refractivity contribution >= 4 is 23.7 Å². The molecule has 0 aromatic heterocycles. The first kappa shape index (κ1) is 15.2. The molecule has 2 N–H and O–H groups in total. The number of carbonyl (C=O) groups is 2. The molecule has 6 heteroatoms. The van der Waals surface area contributed by atoms with Crippen molar-refractivity contribution in [2.75, 3.05) is 24.7 Å². The van der Waals surface area contributed by atoms with E-state index in [0.717, 1.165) is 0 Å². The summed E-state index contributed by atoms with van der Waals surface area (Å²) in [6, 6.07) is -0.602. The van der Waals surface area contributed by atoms with Gasteiger partial charge in [-0.1, -0.05) is 0 Å². The van der Waals surface area contributed by atoms with E-state index in [9.17, 15) is 9.59 Å². The van der Waals surface area contributed by atoms with Crippen LogP contribution in [0.25, 0.3) is 0 Å². The fourth-order valence-electron chi connectivity index (χ4n) is 0.936. The average Bonchev–Trinajstić information content (AvgIpc) is 2.24. The summed E-state index contributed by atoms with van der Waals surface area (Å²) in [7, 11) is 0. The third-order valence-electron chi connectivity index (χ3n) is 1.69. The molecule has 1 unspecified atom stereocenters. The lowest BCUT2D eigenvalue weighted by atomic mass is 10.2. The fourth-order valence-corrected chi connectivity index (χ4v) is 1.75. The summed E-state index contributed by atoms with van der Waals surface area (Å²) in [6.07, 6.45) is 0.503. The summed E-state index contributed by atoms with van der Waals surface area (Å²) in [5.74, 6) is 0.304. The maximum atomic E-state index is 11.1. The second kappa shape index (κ2) is 9.47. The molecule has 0 aromatic rings. The standard InChI is InChI=1S/C10H19NO4S/c1-3-14-9(12)7-16-6-5-8(11)10(13)15-4-2/h8H,3-7,11H2,1-2H3. The molecule has 5 nitrogen and oxygen atoms in total. The topological polar surface area (TPSA) is 78.6 Å². The normalized spacial score (nSPS) is 11.9. The van der Waals surface area contributed by atoms with Crippen LogP contribution in [0.1, 0.15) is 20.3 Å². The molecule has 1 atom stereocenters. The molecular formula is C10H19NO4S. The minimum Gasteiger partial charge on any atom is -0.465 e. The van der Waals surface area contributed by atoms with E-state index >= 15 is 0 Å². The summed E-state index contributed by atoms with van der Waals surface area (Å²) >= 11 is 1.40. The number of thioether (sulfide) groups is 1. The quantitative estimate of drug-likeness (QED) is 0.500. The van der Waals surface area contributed by atoms with Crippen molar-refractivity contribution in [3.63, 3.8) is 0 Å². The lowest BCUT2D eigenvalue weighted by Crippen LogP contribution is -2.32. The van der Waals surface area contributed by atoms with E-state index in [1.807, 2.05) is 0 Å². The Morgan fingerprint density at radius 1 is 1.25 bits per heavy atom. The lowest BCUT2D eigenvalue weighted by Gasteiger charge is -2.09. The van der Waals surface area contributed by atoms with Crippen molar-refractivity contribution in [3.05, 3.63) is 0 Å². The smallest absolute Gasteiger partial charge is 0.322 e. The highest BCUT2D eigenvalue weighted by Crippen LogP contribution is 2.05. The highest BCUT2D eigenvalue weighted by Gasteiger charge is 2.14. The maximum absolute atomic E-state index is 11.1. The lowest BCUT2D eigenvalue weighted by molar-refractivity contribution is -0.144. The van der Waals surface area contributed by atoms with Gasteiger partial charge in [0.05, 0.1) is 19.0 Å². The summed E-state index contributed by atoms with van der Waals surface area (Å²) in [5, 5.41) is 0. The zero-order valence-electron chi connectivity index (χ0n) is 9.73. The molecule has 0 aliphatic carbocycles. The molecule has 0 heterocycles. The summed E-state index contributed by atoms with van der Waals surface area (Å²) in [5.41, 5.74) is 5.57. The minimum atomic E-state index is -0.602. The van der Waals surface area contributed by atoms with Gasteiger partial charge in [0.2, 0.25) is 0 Å². The van der Waals surface area contributed by atoms with Crippen molar-refractivity contribution in [1.29, 1.82) is 0 Å². The molecule has 0 aromatic carbocycles. The number of carbonyl (C=O) groups excluding carboxylic acids is 2. The van der Waals surface area contributed by atoms with Crippen LogP contribution >= 0.6 is 11.8 Å². The third-order valence-corrected chi connectivity index (χ3v) is 2.65. The van der Waals surface area contributed by atoms with Crippen LogP contribution in [-0.2, 0) is 19.1 Å². The average molecular weight is 249 g/mol. The Morgan fingerprint density at radius 2 is 1.88 bits per heavy atom. The molecule has 0 spiro atoms. The molecule has 0 amide bonds. The summed E-state index contributed by atoms with van der Waals surface area (Å²) < 4.78 is 9.51. The van der Waals surface area contributed by atoms with E-state index < -0.39 is 6.04 Å². The molecule has 16 heavy (non-hydrogen) atoms. The first-order valence-electron chi connectivity index (χ1n) is 5.27. The first-order chi connectivity index (χ1) is 7.61. The van der Waals surface area contributed by atoms with E-state index in [1.165, 1.54) is 11.8 Å². The van der Waals surface area contributed by atoms with Gasteiger partial charge in [-0.2, -0.15) is 11.8 Å². The van der Waals surface area contributed by atoms with E-state index in [2.05, 4.69) is 0 Å². The molecule has 0 radical (unpaired) electrons. The minimum absolute atomic E-state index is 0.239. The number of ether oxygens (including phenoxy) is 2. The Labute approximate surface area is 100 Å². The molecular weight excluding hydrogens is 230 g/mol. The Balaban J connectivity index is 3.51. The zero-order chi connectivity index (χ0) is 12.4. The molecule has 0 bridgehead atoms. The Morgan fingerprint density at radius 3 is 2.44 bits per heavy atom. The molecule has 94 valence electrons. The van der Waals surface area contributed by atoms with Gasteiger partial charge in [-0.25, -0.2) is 0 Å². The van der Waals surface area contributed by atoms with Crippen LogP contribution in [0.2, 0.25) is 0 Å². The van der Waals surface area contributed by atoms with Gasteiger partial charge < -0.3 is 15.2 Å². The molecule has 0 aliphatic heterocycles. The van der Waals surface area contributed by atoms with Crippen molar-refractivity contribution in [1.82, 2.24) is 0 Å². The number of nitrogens with two attached hydrogens (primary N) is 1. The second-order valence-electron chi connectivity index (χ2n) is 3.00. The van der Waals surface area contributed by atoms with Gasteiger partial charge in [0.25, 0.3) is 0 Å². The van der Waals surface area contributed by atoms with Gasteiger partial charge in [0.1, 0.15) is 6.04 Å². The van der Waals surface area contributed by atoms with Crippen LogP contribution < -0.4 is 5.73 Å². The first-order valence-corrected chi connectivity index (χ1v) is 6.42. The Bertz CT molecular complexity index is 223. The molecule has 0 saturated heterocycles. The van der Waals surface area contributed by atoms with Gasteiger partial charge in [-0.15, -0.1) is 0 Å². The second-order valence-corrected chi connectivity index (χ2v) is 4.11. The number of esters is 2. The fraction of sp³-hybridized carbons (Fsp3) is 0.800. The van der Waals surface area contributed by atoms with Crippen molar-refractivity contribution < 1.29 is 19.1 Å². The van der Waals surface area contributed by atoms with E-state index in [-0.39, 0.29) is 11.9 Å². The highest BCUT2D eigenvalue weighted by molar-refractivity contribution is 7.99. The van der Waals surface area contributed by atoms with Gasteiger partial charge >= 0.3 is 11.9 Å². The van der Waals surface area contributed by atoms with Crippen molar-refractivity contribution in [2.24, 2.45) is 5.73 Å². The van der Waals surface area contributed by atoms with Crippen LogP contribution in [0, 0.1) is 0 Å². The summed E-state index contributed by atoms with van der Waals surface area (Å²) in [4.78, 5) is 22.1. The van der Waals surface area contributed by atoms with Gasteiger partial charge in [0.15, 0.2) is 0 Å². The number of hydrogen-bond acceptors (Lipinski definition) is 6. The number of hydrogen-bond donors (Lipinski definition) is 1. The predicted molar refractivity (Wildman–Crippen MR) is 63.2 cm³/mol. The number of rotatable bonds is 8.